The third kappa shape index (κ3) is 2.85. The summed E-state index contributed by atoms with van der Waals surface area (Å²) in [7, 11) is 0. The molecule has 30 heavy (non-hydrogen) atoms. The molecule has 0 N–H and O–H groups in total. The number of amides is 1. The van der Waals surface area contributed by atoms with Gasteiger partial charge in [-0.3, -0.25) is 0 Å². The number of carbonyl (C=O) groups excluding carboxylic acids is 1. The number of likely N-dealkylation sites (tertiary alicyclic amines) is 1. The quantitative estimate of drug-likeness (QED) is 0.676. The average molecular weight is 401 g/mol. The summed E-state index contributed by atoms with van der Waals surface area (Å²) in [5, 5.41) is 0. The summed E-state index contributed by atoms with van der Waals surface area (Å²) in [4.78, 5) is 17.4. The molecule has 1 amide bonds. The maximum absolute atomic E-state index is 13.0. The highest BCUT2D eigenvalue weighted by atomic mass is 16.6. The van der Waals surface area contributed by atoms with Crippen LogP contribution >= 0.6 is 0 Å². The average Bonchev–Trinajstić information content (AvgIpc) is 3.24. The van der Waals surface area contributed by atoms with E-state index in [2.05, 4.69) is 77.7 Å². The molecule has 1 aliphatic carbocycles. The van der Waals surface area contributed by atoms with Crippen LogP contribution in [-0.2, 0) is 16.7 Å². The molecule has 3 aliphatic rings. The number of para-hydroxylation sites is 1. The topological polar surface area (TPSA) is 32.8 Å². The second kappa shape index (κ2) is 6.76. The molecule has 0 radical (unpaired) electrons. The van der Waals surface area contributed by atoms with E-state index in [0.29, 0.717) is 6.54 Å². The van der Waals surface area contributed by atoms with Gasteiger partial charge in [0.2, 0.25) is 0 Å². The largest absolute Gasteiger partial charge is 0.444 e. The fourth-order valence-electron chi connectivity index (χ4n) is 5.24. The van der Waals surface area contributed by atoms with Crippen LogP contribution < -0.4 is 4.90 Å². The Hall–Kier alpha value is -3.01. The van der Waals surface area contributed by atoms with Crippen molar-refractivity contribution in [1.29, 1.82) is 0 Å². The summed E-state index contributed by atoms with van der Waals surface area (Å²) in [5.41, 5.74) is 4.40. The normalized spacial score (nSPS) is 24.2. The highest BCUT2D eigenvalue weighted by Crippen LogP contribution is 2.57. The van der Waals surface area contributed by atoms with Gasteiger partial charge in [0.05, 0.1) is 11.5 Å². The van der Waals surface area contributed by atoms with Crippen molar-refractivity contribution in [1.82, 2.24) is 4.90 Å². The van der Waals surface area contributed by atoms with Crippen molar-refractivity contribution in [2.45, 2.75) is 50.8 Å². The van der Waals surface area contributed by atoms with Gasteiger partial charge in [-0.25, -0.2) is 4.79 Å². The molecule has 0 bridgehead atoms. The van der Waals surface area contributed by atoms with Crippen LogP contribution in [0.3, 0.4) is 0 Å². The first-order valence-electron chi connectivity index (χ1n) is 10.7. The lowest BCUT2D eigenvalue weighted by atomic mass is 9.71. The van der Waals surface area contributed by atoms with Gasteiger partial charge >= 0.3 is 6.09 Å². The highest BCUT2D eigenvalue weighted by Gasteiger charge is 2.58. The second-order valence-electron chi connectivity index (χ2n) is 9.37. The van der Waals surface area contributed by atoms with Gasteiger partial charge < -0.3 is 14.5 Å². The molecular formula is C26H28N2O2. The van der Waals surface area contributed by atoms with Crippen LogP contribution in [0, 0.1) is 0 Å². The minimum absolute atomic E-state index is 0.0331. The first kappa shape index (κ1) is 19.0. The van der Waals surface area contributed by atoms with E-state index >= 15 is 0 Å². The predicted molar refractivity (Wildman–Crippen MR) is 119 cm³/mol. The highest BCUT2D eigenvalue weighted by molar-refractivity contribution is 5.77. The number of hydrogen-bond donors (Lipinski definition) is 0. The maximum atomic E-state index is 13.0. The number of ether oxygens (including phenoxy) is 1. The van der Waals surface area contributed by atoms with Crippen LogP contribution in [0.2, 0.25) is 0 Å². The van der Waals surface area contributed by atoms with Gasteiger partial charge in [0.25, 0.3) is 0 Å². The van der Waals surface area contributed by atoms with E-state index in [1.54, 1.807) is 0 Å². The van der Waals surface area contributed by atoms with Crippen molar-refractivity contribution in [3.63, 3.8) is 0 Å². The standard InChI is InChI=1S/C26H28N2O2/c1-25(2,3)30-24(29)27-17-16-26-20-12-7-8-13-21(20)28(18-19-10-5-4-6-11-19)23(26)15-9-14-22(26)27/h4-15,22H,16-18H2,1-3H3/t22-,26+/m0/s1. The summed E-state index contributed by atoms with van der Waals surface area (Å²) < 4.78 is 5.75. The summed E-state index contributed by atoms with van der Waals surface area (Å²) in [5.74, 6) is 0. The Kier molecular flexibility index (Phi) is 4.28. The van der Waals surface area contributed by atoms with Crippen LogP contribution in [0.5, 0.6) is 0 Å². The Morgan fingerprint density at radius 3 is 2.60 bits per heavy atom. The Balaban J connectivity index is 1.56. The van der Waals surface area contributed by atoms with Gasteiger partial charge in [0, 0.05) is 24.5 Å². The summed E-state index contributed by atoms with van der Waals surface area (Å²) >= 11 is 0. The summed E-state index contributed by atoms with van der Waals surface area (Å²) in [6.45, 7) is 7.27. The van der Waals surface area contributed by atoms with Gasteiger partial charge in [-0.15, -0.1) is 0 Å². The first-order valence-corrected chi connectivity index (χ1v) is 10.7. The van der Waals surface area contributed by atoms with E-state index in [1.807, 2.05) is 25.7 Å². The van der Waals surface area contributed by atoms with Crippen molar-refractivity contribution in [2.75, 3.05) is 11.4 Å². The fraction of sp³-hybridized carbons (Fsp3) is 0.346. The molecule has 0 saturated carbocycles. The Morgan fingerprint density at radius 2 is 1.83 bits per heavy atom. The maximum Gasteiger partial charge on any atom is 0.410 e. The third-order valence-electron chi connectivity index (χ3n) is 6.37. The van der Waals surface area contributed by atoms with E-state index in [1.165, 1.54) is 22.5 Å². The van der Waals surface area contributed by atoms with Crippen molar-refractivity contribution >= 4 is 11.8 Å². The van der Waals surface area contributed by atoms with Gasteiger partial charge in [0.15, 0.2) is 0 Å². The van der Waals surface area contributed by atoms with Crippen LogP contribution in [0.4, 0.5) is 10.5 Å². The van der Waals surface area contributed by atoms with E-state index in [4.69, 9.17) is 4.74 Å². The lowest BCUT2D eigenvalue weighted by Gasteiger charge is -2.38. The van der Waals surface area contributed by atoms with Gasteiger partial charge in [-0.1, -0.05) is 60.7 Å². The molecule has 2 heterocycles. The predicted octanol–water partition coefficient (Wildman–Crippen LogP) is 5.41. The molecule has 2 aliphatic heterocycles. The molecule has 0 aromatic heterocycles. The van der Waals surface area contributed by atoms with E-state index < -0.39 is 5.60 Å². The van der Waals surface area contributed by atoms with Crippen LogP contribution in [0.15, 0.2) is 78.5 Å². The summed E-state index contributed by atoms with van der Waals surface area (Å²) in [6, 6.07) is 19.2. The van der Waals surface area contributed by atoms with Crippen molar-refractivity contribution in [3.8, 4) is 0 Å². The Labute approximate surface area is 178 Å². The Morgan fingerprint density at radius 1 is 1.10 bits per heavy atom. The van der Waals surface area contributed by atoms with Crippen LogP contribution in [0.25, 0.3) is 0 Å². The number of anilines is 1. The number of carbonyl (C=O) groups is 1. The molecule has 1 fully saturated rings. The lowest BCUT2D eigenvalue weighted by Crippen LogP contribution is -2.47. The van der Waals surface area contributed by atoms with Crippen molar-refractivity contribution in [2.24, 2.45) is 0 Å². The zero-order chi connectivity index (χ0) is 20.9. The molecule has 4 heteroatoms. The SMILES string of the molecule is CC(C)(C)OC(=O)N1CC[C@]23C(=CC=C[C@H]12)N(Cc1ccccc1)c1ccccc13. The number of nitrogens with zero attached hydrogens (tertiary/aromatic N) is 2. The first-order chi connectivity index (χ1) is 14.4. The van der Waals surface area contributed by atoms with Crippen molar-refractivity contribution < 1.29 is 9.53 Å². The third-order valence-corrected chi connectivity index (χ3v) is 6.37. The zero-order valence-corrected chi connectivity index (χ0v) is 17.8. The number of hydrogen-bond acceptors (Lipinski definition) is 3. The minimum Gasteiger partial charge on any atom is -0.444 e. The molecule has 2 aromatic carbocycles. The molecule has 2 aromatic rings. The van der Waals surface area contributed by atoms with Crippen LogP contribution in [-0.4, -0.2) is 29.2 Å². The molecule has 154 valence electrons. The van der Waals surface area contributed by atoms with E-state index in [9.17, 15) is 4.79 Å². The number of rotatable bonds is 2. The smallest absolute Gasteiger partial charge is 0.410 e. The van der Waals surface area contributed by atoms with Crippen molar-refractivity contribution in [3.05, 3.63) is 89.6 Å². The van der Waals surface area contributed by atoms with Gasteiger partial charge in [0.1, 0.15) is 5.60 Å². The number of fused-ring (bicyclic) bond motifs is 1. The molecule has 1 saturated heterocycles. The zero-order valence-electron chi connectivity index (χ0n) is 17.8. The monoisotopic (exact) mass is 400 g/mol. The fourth-order valence-corrected chi connectivity index (χ4v) is 5.24. The lowest BCUT2D eigenvalue weighted by molar-refractivity contribution is 0.0240. The molecule has 1 spiro atoms. The molecule has 0 unspecified atom stereocenters. The van der Waals surface area contributed by atoms with Crippen LogP contribution in [0.1, 0.15) is 38.3 Å². The number of allylic oxidation sites excluding steroid dienone is 2. The van der Waals surface area contributed by atoms with Gasteiger partial charge in [-0.2, -0.15) is 0 Å². The molecular weight excluding hydrogens is 372 g/mol. The van der Waals surface area contributed by atoms with E-state index in [0.717, 1.165) is 13.0 Å². The van der Waals surface area contributed by atoms with E-state index in [-0.39, 0.29) is 17.6 Å². The Bertz CT molecular complexity index is 1030. The molecule has 4 nitrogen and oxygen atoms in total. The minimum atomic E-state index is -0.503. The summed E-state index contributed by atoms with van der Waals surface area (Å²) in [6.07, 6.45) is 7.18. The molecule has 2 atom stereocenters. The second-order valence-corrected chi connectivity index (χ2v) is 9.37. The van der Waals surface area contributed by atoms with Gasteiger partial charge in [-0.05, 0) is 50.5 Å². The molecule has 5 rings (SSSR count). The number of benzene rings is 2.